The number of nitrogens with one attached hydrogen (secondary N) is 1. The lowest BCUT2D eigenvalue weighted by atomic mass is 10.4. The van der Waals surface area contributed by atoms with Gasteiger partial charge in [-0.05, 0) is 23.6 Å². The van der Waals surface area contributed by atoms with Gasteiger partial charge in [-0.2, -0.15) is 4.68 Å². The van der Waals surface area contributed by atoms with Gasteiger partial charge in [0.15, 0.2) is 5.76 Å². The lowest BCUT2D eigenvalue weighted by Gasteiger charge is -2.01. The van der Waals surface area contributed by atoms with Crippen molar-refractivity contribution in [3.05, 3.63) is 52.2 Å². The number of nitrogens with zero attached hydrogens (tertiary/aromatic N) is 2. The van der Waals surface area contributed by atoms with Gasteiger partial charge in [-0.3, -0.25) is 4.79 Å². The smallest absolute Gasteiger partial charge is 0.437 e. The van der Waals surface area contributed by atoms with E-state index in [1.54, 1.807) is 12.1 Å². The van der Waals surface area contributed by atoms with Crippen LogP contribution in [0.2, 0.25) is 0 Å². The minimum absolute atomic E-state index is 0.222. The van der Waals surface area contributed by atoms with Crippen molar-refractivity contribution in [1.29, 1.82) is 0 Å². The Morgan fingerprint density at radius 1 is 1.38 bits per heavy atom. The molecule has 3 aromatic heterocycles. The molecule has 1 N–H and O–H groups in total. The lowest BCUT2D eigenvalue weighted by Crippen LogP contribution is -2.29. The Bertz CT molecular complexity index is 771. The zero-order chi connectivity index (χ0) is 14.7. The molecule has 108 valence electrons. The summed E-state index contributed by atoms with van der Waals surface area (Å²) in [7, 11) is 0. The molecular weight excluding hydrogens is 294 g/mol. The number of hydrogen-bond acceptors (Lipinski definition) is 6. The molecule has 0 aliphatic carbocycles. The number of furan rings is 1. The van der Waals surface area contributed by atoms with Crippen LogP contribution in [0.15, 0.2) is 49.5 Å². The first-order chi connectivity index (χ1) is 10.2. The normalized spacial score (nSPS) is 10.7. The summed E-state index contributed by atoms with van der Waals surface area (Å²) >= 11 is 1.43. The SMILES string of the molecule is O=C(NCCn1nc(-c2cccs2)oc1=O)c1ccco1. The van der Waals surface area contributed by atoms with Crippen molar-refractivity contribution in [3.63, 3.8) is 0 Å². The summed E-state index contributed by atoms with van der Waals surface area (Å²) in [5, 5.41) is 8.59. The number of carbonyl (C=O) groups is 1. The summed E-state index contributed by atoms with van der Waals surface area (Å²) in [6, 6.07) is 6.86. The van der Waals surface area contributed by atoms with Crippen LogP contribution < -0.4 is 11.1 Å². The van der Waals surface area contributed by atoms with E-state index < -0.39 is 5.76 Å². The third-order valence-electron chi connectivity index (χ3n) is 2.69. The van der Waals surface area contributed by atoms with E-state index >= 15 is 0 Å². The van der Waals surface area contributed by atoms with E-state index in [0.717, 1.165) is 4.88 Å². The summed E-state index contributed by atoms with van der Waals surface area (Å²) < 4.78 is 11.2. The summed E-state index contributed by atoms with van der Waals surface area (Å²) in [5.74, 6) is -0.380. The molecular formula is C13H11N3O4S. The van der Waals surface area contributed by atoms with E-state index in [2.05, 4.69) is 10.4 Å². The molecule has 0 unspecified atom stereocenters. The summed E-state index contributed by atoms with van der Waals surface area (Å²) in [4.78, 5) is 24.1. The fourth-order valence-electron chi connectivity index (χ4n) is 1.72. The lowest BCUT2D eigenvalue weighted by molar-refractivity contribution is 0.0924. The van der Waals surface area contributed by atoms with Crippen molar-refractivity contribution in [2.24, 2.45) is 0 Å². The fraction of sp³-hybridized carbons (Fsp3) is 0.154. The third-order valence-corrected chi connectivity index (χ3v) is 3.55. The Morgan fingerprint density at radius 3 is 3.00 bits per heavy atom. The van der Waals surface area contributed by atoms with Crippen molar-refractivity contribution in [2.75, 3.05) is 6.54 Å². The molecule has 0 atom stereocenters. The van der Waals surface area contributed by atoms with Crippen LogP contribution in [0.1, 0.15) is 10.6 Å². The second-order valence-corrected chi connectivity index (χ2v) is 5.05. The molecule has 7 nitrogen and oxygen atoms in total. The van der Waals surface area contributed by atoms with Crippen LogP contribution in [-0.2, 0) is 6.54 Å². The molecule has 3 aromatic rings. The van der Waals surface area contributed by atoms with Gasteiger partial charge in [-0.15, -0.1) is 16.4 Å². The zero-order valence-electron chi connectivity index (χ0n) is 10.8. The minimum atomic E-state index is -0.550. The van der Waals surface area contributed by atoms with E-state index in [9.17, 15) is 9.59 Å². The minimum Gasteiger partial charge on any atom is -0.459 e. The average Bonchev–Trinajstić information content (AvgIpc) is 3.20. The highest BCUT2D eigenvalue weighted by Crippen LogP contribution is 2.20. The Morgan fingerprint density at radius 2 is 2.29 bits per heavy atom. The quantitative estimate of drug-likeness (QED) is 0.773. The Balaban J connectivity index is 1.61. The molecule has 0 bridgehead atoms. The van der Waals surface area contributed by atoms with Gasteiger partial charge in [0, 0.05) is 6.54 Å². The maximum Gasteiger partial charge on any atom is 0.437 e. The predicted octanol–water partition coefficient (Wildman–Crippen LogP) is 1.59. The van der Waals surface area contributed by atoms with Crippen molar-refractivity contribution in [1.82, 2.24) is 15.1 Å². The monoisotopic (exact) mass is 305 g/mol. The van der Waals surface area contributed by atoms with E-state index in [1.807, 2.05) is 17.5 Å². The second-order valence-electron chi connectivity index (χ2n) is 4.11. The second kappa shape index (κ2) is 5.80. The van der Waals surface area contributed by atoms with E-state index in [-0.39, 0.29) is 30.6 Å². The molecule has 8 heteroatoms. The molecule has 3 rings (SSSR count). The van der Waals surface area contributed by atoms with Crippen LogP contribution in [0, 0.1) is 0 Å². The van der Waals surface area contributed by atoms with Gasteiger partial charge >= 0.3 is 5.76 Å². The van der Waals surface area contributed by atoms with E-state index in [4.69, 9.17) is 8.83 Å². The van der Waals surface area contributed by atoms with Crippen LogP contribution in [0.5, 0.6) is 0 Å². The van der Waals surface area contributed by atoms with Crippen LogP contribution >= 0.6 is 11.3 Å². The average molecular weight is 305 g/mol. The van der Waals surface area contributed by atoms with Gasteiger partial charge in [0.2, 0.25) is 0 Å². The maximum atomic E-state index is 11.6. The van der Waals surface area contributed by atoms with Gasteiger partial charge in [0.05, 0.1) is 17.7 Å². The van der Waals surface area contributed by atoms with Crippen molar-refractivity contribution in [3.8, 4) is 10.8 Å². The number of hydrogen-bond donors (Lipinski definition) is 1. The Kier molecular flexibility index (Phi) is 3.69. The van der Waals surface area contributed by atoms with Crippen molar-refractivity contribution >= 4 is 17.2 Å². The van der Waals surface area contributed by atoms with Gasteiger partial charge < -0.3 is 14.2 Å². The Hall–Kier alpha value is -2.61. The van der Waals surface area contributed by atoms with Crippen molar-refractivity contribution < 1.29 is 13.6 Å². The molecule has 3 heterocycles. The molecule has 21 heavy (non-hydrogen) atoms. The van der Waals surface area contributed by atoms with Gasteiger partial charge in [-0.25, -0.2) is 4.79 Å². The third kappa shape index (κ3) is 2.95. The van der Waals surface area contributed by atoms with E-state index in [0.29, 0.717) is 0 Å². The highest BCUT2D eigenvalue weighted by molar-refractivity contribution is 7.13. The highest BCUT2D eigenvalue weighted by atomic mass is 32.1. The topological polar surface area (TPSA) is 90.3 Å². The van der Waals surface area contributed by atoms with Crippen LogP contribution in [0.25, 0.3) is 10.8 Å². The first-order valence-electron chi connectivity index (χ1n) is 6.17. The van der Waals surface area contributed by atoms with Gasteiger partial charge in [-0.1, -0.05) is 6.07 Å². The Labute approximate surface area is 122 Å². The predicted molar refractivity (Wildman–Crippen MR) is 75.1 cm³/mol. The van der Waals surface area contributed by atoms with E-state index in [1.165, 1.54) is 22.3 Å². The fourth-order valence-corrected chi connectivity index (χ4v) is 2.36. The molecule has 0 radical (unpaired) electrons. The molecule has 0 aromatic carbocycles. The number of rotatable bonds is 5. The molecule has 0 saturated carbocycles. The van der Waals surface area contributed by atoms with Gasteiger partial charge in [0.25, 0.3) is 11.8 Å². The maximum absolute atomic E-state index is 11.6. The zero-order valence-corrected chi connectivity index (χ0v) is 11.6. The van der Waals surface area contributed by atoms with Crippen LogP contribution in [-0.4, -0.2) is 22.2 Å². The number of carbonyl (C=O) groups excluding carboxylic acids is 1. The highest BCUT2D eigenvalue weighted by Gasteiger charge is 2.12. The van der Waals surface area contributed by atoms with Crippen LogP contribution in [0.4, 0.5) is 0 Å². The largest absolute Gasteiger partial charge is 0.459 e. The summed E-state index contributed by atoms with van der Waals surface area (Å²) in [5.41, 5.74) is 0. The summed E-state index contributed by atoms with van der Waals surface area (Å²) in [6.45, 7) is 0.468. The first-order valence-corrected chi connectivity index (χ1v) is 7.05. The molecule has 0 fully saturated rings. The first kappa shape index (κ1) is 13.4. The standard InChI is InChI=1S/C13H11N3O4S/c17-11(9-3-1-7-19-9)14-5-6-16-13(18)20-12(15-16)10-4-2-8-21-10/h1-4,7-8H,5-6H2,(H,14,17). The number of aromatic nitrogens is 2. The van der Waals surface area contributed by atoms with Gasteiger partial charge in [0.1, 0.15) is 0 Å². The molecule has 1 amide bonds. The number of amides is 1. The number of thiophene rings is 1. The molecule has 0 spiro atoms. The molecule has 0 saturated heterocycles. The van der Waals surface area contributed by atoms with Crippen LogP contribution in [0.3, 0.4) is 0 Å². The molecule has 0 aliphatic rings. The molecule has 0 aliphatic heterocycles. The van der Waals surface area contributed by atoms with Crippen molar-refractivity contribution in [2.45, 2.75) is 6.54 Å². The summed E-state index contributed by atoms with van der Waals surface area (Å²) in [6.07, 6.45) is 1.42.